The number of carbonyl (C=O) groups excluding carboxylic acids is 3. The summed E-state index contributed by atoms with van der Waals surface area (Å²) < 4.78 is 0. The molecular formula is C18H21N3O5. The molecule has 4 N–H and O–H groups in total. The number of carboxylic acid groups (broad SMARTS) is 1. The zero-order valence-corrected chi connectivity index (χ0v) is 14.4. The number of aliphatic carboxylic acids is 1. The number of benzene rings is 1. The molecule has 0 spiro atoms. The van der Waals surface area contributed by atoms with Crippen molar-refractivity contribution in [2.24, 2.45) is 5.92 Å². The summed E-state index contributed by atoms with van der Waals surface area (Å²) in [5, 5.41) is 16.7. The molecule has 8 nitrogen and oxygen atoms in total. The average molecular weight is 359 g/mol. The minimum absolute atomic E-state index is 0.0631. The van der Waals surface area contributed by atoms with E-state index in [0.717, 1.165) is 0 Å². The van der Waals surface area contributed by atoms with Crippen LogP contribution < -0.4 is 16.0 Å². The zero-order chi connectivity index (χ0) is 18.9. The van der Waals surface area contributed by atoms with Crippen LogP contribution in [0, 0.1) is 5.92 Å². The number of nitrogens with one attached hydrogen (secondary N) is 3. The number of rotatable bonds is 4. The molecule has 2 fully saturated rings. The predicted molar refractivity (Wildman–Crippen MR) is 91.3 cm³/mol. The lowest BCUT2D eigenvalue weighted by Gasteiger charge is -2.27. The summed E-state index contributed by atoms with van der Waals surface area (Å²) in [4.78, 5) is 47.0. The molecule has 0 radical (unpaired) electrons. The lowest BCUT2D eigenvalue weighted by molar-refractivity contribution is -0.142. The third-order valence-corrected chi connectivity index (χ3v) is 5.16. The van der Waals surface area contributed by atoms with Crippen molar-refractivity contribution in [1.82, 2.24) is 16.0 Å². The van der Waals surface area contributed by atoms with E-state index in [1.807, 2.05) is 0 Å². The molecule has 4 amide bonds. The maximum Gasteiger partial charge on any atom is 0.322 e. The number of carbonyl (C=O) groups is 4. The quantitative estimate of drug-likeness (QED) is 0.600. The van der Waals surface area contributed by atoms with E-state index in [0.29, 0.717) is 36.8 Å². The first-order valence-corrected chi connectivity index (χ1v) is 8.57. The fourth-order valence-corrected chi connectivity index (χ4v) is 3.47. The second-order valence-electron chi connectivity index (χ2n) is 6.97. The fraction of sp³-hybridized carbons (Fsp3) is 0.444. The molecule has 26 heavy (non-hydrogen) atoms. The van der Waals surface area contributed by atoms with Crippen LogP contribution in [0.3, 0.4) is 0 Å². The molecule has 1 saturated carbocycles. The molecule has 138 valence electrons. The van der Waals surface area contributed by atoms with E-state index in [4.69, 9.17) is 5.11 Å². The molecule has 8 heteroatoms. The fourth-order valence-electron chi connectivity index (χ4n) is 3.47. The molecule has 1 aliphatic carbocycles. The Kier molecular flexibility index (Phi) is 4.67. The van der Waals surface area contributed by atoms with E-state index in [2.05, 4.69) is 16.0 Å². The van der Waals surface area contributed by atoms with Gasteiger partial charge in [-0.05, 0) is 50.3 Å². The van der Waals surface area contributed by atoms with Crippen LogP contribution in [-0.2, 0) is 15.1 Å². The predicted octanol–water partition coefficient (Wildman–Crippen LogP) is 1.11. The van der Waals surface area contributed by atoms with Gasteiger partial charge in [0.05, 0.1) is 5.92 Å². The molecule has 1 atom stereocenters. The zero-order valence-electron chi connectivity index (χ0n) is 14.4. The normalized spacial score (nSPS) is 28.2. The van der Waals surface area contributed by atoms with E-state index in [-0.39, 0.29) is 17.9 Å². The van der Waals surface area contributed by atoms with E-state index in [1.54, 1.807) is 31.2 Å². The summed E-state index contributed by atoms with van der Waals surface area (Å²) in [6, 6.07) is 5.94. The molecule has 1 aromatic carbocycles. The molecule has 3 rings (SSSR count). The van der Waals surface area contributed by atoms with Gasteiger partial charge in [0.25, 0.3) is 11.8 Å². The Labute approximate surface area is 150 Å². The summed E-state index contributed by atoms with van der Waals surface area (Å²) >= 11 is 0. The highest BCUT2D eigenvalue weighted by molar-refractivity contribution is 6.07. The van der Waals surface area contributed by atoms with Gasteiger partial charge in [-0.3, -0.25) is 19.7 Å². The first kappa shape index (κ1) is 17.9. The molecule has 1 heterocycles. The number of urea groups is 1. The maximum absolute atomic E-state index is 12.5. The molecule has 1 unspecified atom stereocenters. The SMILES string of the molecule is CC1(c2cccc(C(=O)NC3CCC(C(=O)O)CC3)c2)NC(=O)NC1=O. The highest BCUT2D eigenvalue weighted by Crippen LogP contribution is 2.26. The van der Waals surface area contributed by atoms with Crippen LogP contribution >= 0.6 is 0 Å². The van der Waals surface area contributed by atoms with Crippen LogP contribution in [0.5, 0.6) is 0 Å². The van der Waals surface area contributed by atoms with Gasteiger partial charge in [-0.2, -0.15) is 0 Å². The molecular weight excluding hydrogens is 338 g/mol. The van der Waals surface area contributed by atoms with Gasteiger partial charge in [0.2, 0.25) is 0 Å². The third kappa shape index (κ3) is 3.40. The van der Waals surface area contributed by atoms with Gasteiger partial charge < -0.3 is 15.7 Å². The van der Waals surface area contributed by atoms with Gasteiger partial charge >= 0.3 is 12.0 Å². The second kappa shape index (κ2) is 6.78. The van der Waals surface area contributed by atoms with Crippen molar-refractivity contribution in [2.75, 3.05) is 0 Å². The van der Waals surface area contributed by atoms with Crippen LogP contribution in [0.25, 0.3) is 0 Å². The van der Waals surface area contributed by atoms with Crippen molar-refractivity contribution < 1.29 is 24.3 Å². The van der Waals surface area contributed by atoms with Crippen LogP contribution in [0.4, 0.5) is 4.79 Å². The summed E-state index contributed by atoms with van der Waals surface area (Å²) in [5.41, 5.74) is -0.312. The Morgan fingerprint density at radius 1 is 1.19 bits per heavy atom. The minimum Gasteiger partial charge on any atom is -0.481 e. The van der Waals surface area contributed by atoms with Crippen molar-refractivity contribution in [3.8, 4) is 0 Å². The highest BCUT2D eigenvalue weighted by atomic mass is 16.4. The van der Waals surface area contributed by atoms with Gasteiger partial charge in [0.1, 0.15) is 5.54 Å². The van der Waals surface area contributed by atoms with Crippen molar-refractivity contribution in [2.45, 2.75) is 44.2 Å². The van der Waals surface area contributed by atoms with E-state index in [1.165, 1.54) is 0 Å². The first-order valence-electron chi connectivity index (χ1n) is 8.57. The molecule has 2 aliphatic rings. The highest BCUT2D eigenvalue weighted by Gasteiger charge is 2.43. The summed E-state index contributed by atoms with van der Waals surface area (Å²) in [7, 11) is 0. The Morgan fingerprint density at radius 2 is 1.88 bits per heavy atom. The summed E-state index contributed by atoms with van der Waals surface area (Å²) in [6.45, 7) is 1.58. The maximum atomic E-state index is 12.5. The number of carboxylic acids is 1. The van der Waals surface area contributed by atoms with Crippen LogP contribution in [0.2, 0.25) is 0 Å². The Morgan fingerprint density at radius 3 is 2.46 bits per heavy atom. The molecule has 0 aromatic heterocycles. The van der Waals surface area contributed by atoms with Crippen molar-refractivity contribution in [3.63, 3.8) is 0 Å². The summed E-state index contributed by atoms with van der Waals surface area (Å²) in [5.74, 6) is -1.87. The van der Waals surface area contributed by atoms with Crippen LogP contribution in [0.1, 0.15) is 48.5 Å². The number of imide groups is 1. The number of hydrogen-bond acceptors (Lipinski definition) is 4. The van der Waals surface area contributed by atoms with E-state index in [9.17, 15) is 19.2 Å². The third-order valence-electron chi connectivity index (χ3n) is 5.16. The molecule has 1 saturated heterocycles. The standard InChI is InChI=1S/C18H21N3O5/c1-18(16(25)20-17(26)21-18)12-4-2-3-11(9-12)14(22)19-13-7-5-10(6-8-13)15(23)24/h2-4,9-10,13H,5-8H2,1H3,(H,19,22)(H,23,24)(H2,20,21,25,26). The smallest absolute Gasteiger partial charge is 0.322 e. The lowest BCUT2D eigenvalue weighted by Crippen LogP contribution is -2.41. The topological polar surface area (TPSA) is 125 Å². The second-order valence-corrected chi connectivity index (χ2v) is 6.97. The number of hydrogen-bond donors (Lipinski definition) is 4. The summed E-state index contributed by atoms with van der Waals surface area (Å²) in [6.07, 6.45) is 2.34. The number of amides is 4. The lowest BCUT2D eigenvalue weighted by atomic mass is 9.86. The van der Waals surface area contributed by atoms with E-state index >= 15 is 0 Å². The van der Waals surface area contributed by atoms with Crippen molar-refractivity contribution in [1.29, 1.82) is 0 Å². The van der Waals surface area contributed by atoms with Crippen LogP contribution in [0.15, 0.2) is 24.3 Å². The van der Waals surface area contributed by atoms with Gasteiger partial charge in [-0.1, -0.05) is 12.1 Å². The Bertz CT molecular complexity index is 770. The van der Waals surface area contributed by atoms with Gasteiger partial charge in [-0.25, -0.2) is 4.79 Å². The van der Waals surface area contributed by atoms with Crippen molar-refractivity contribution in [3.05, 3.63) is 35.4 Å². The largest absolute Gasteiger partial charge is 0.481 e. The molecule has 0 bridgehead atoms. The average Bonchev–Trinajstić information content (AvgIpc) is 2.88. The minimum atomic E-state index is -1.22. The van der Waals surface area contributed by atoms with Crippen molar-refractivity contribution >= 4 is 23.8 Å². The first-order chi connectivity index (χ1) is 12.3. The Balaban J connectivity index is 1.69. The monoisotopic (exact) mass is 359 g/mol. The Hall–Kier alpha value is -2.90. The van der Waals surface area contributed by atoms with Crippen LogP contribution in [-0.4, -0.2) is 35.0 Å². The van der Waals surface area contributed by atoms with Gasteiger partial charge in [0, 0.05) is 11.6 Å². The molecule has 1 aromatic rings. The molecule has 1 aliphatic heterocycles. The van der Waals surface area contributed by atoms with Gasteiger partial charge in [-0.15, -0.1) is 0 Å². The van der Waals surface area contributed by atoms with E-state index < -0.39 is 23.4 Å². The van der Waals surface area contributed by atoms with Gasteiger partial charge in [0.15, 0.2) is 0 Å².